The second-order valence-corrected chi connectivity index (χ2v) is 14.7. The van der Waals surface area contributed by atoms with E-state index in [-0.39, 0.29) is 5.41 Å². The van der Waals surface area contributed by atoms with Crippen molar-refractivity contribution >= 4 is 39.1 Å². The van der Waals surface area contributed by atoms with Gasteiger partial charge in [-0.15, -0.1) is 0 Å². The summed E-state index contributed by atoms with van der Waals surface area (Å²) < 4.78 is 2.31. The molecule has 5 aromatic carbocycles. The molecule has 6 nitrogen and oxygen atoms in total. The van der Waals surface area contributed by atoms with Crippen LogP contribution in [0, 0.1) is 0 Å². The van der Waals surface area contributed by atoms with Crippen LogP contribution in [0.3, 0.4) is 0 Å². The lowest BCUT2D eigenvalue weighted by Crippen LogP contribution is -2.32. The Morgan fingerprint density at radius 2 is 1.13 bits per heavy atom. The lowest BCUT2D eigenvalue weighted by Gasteiger charge is -2.38. The van der Waals surface area contributed by atoms with Crippen LogP contribution in [0.1, 0.15) is 48.6 Å². The fourth-order valence-electron chi connectivity index (χ4n) is 8.06. The second-order valence-electron chi connectivity index (χ2n) is 14.7. The quantitative estimate of drug-likeness (QED) is 0.164. The average molecular weight is 677 g/mol. The van der Waals surface area contributed by atoms with Crippen molar-refractivity contribution < 1.29 is 0 Å². The molecule has 0 fully saturated rings. The van der Waals surface area contributed by atoms with Gasteiger partial charge in [0.1, 0.15) is 5.82 Å². The van der Waals surface area contributed by atoms with E-state index < -0.39 is 5.41 Å². The Morgan fingerprint density at radius 3 is 1.83 bits per heavy atom. The highest BCUT2D eigenvalue weighted by molar-refractivity contribution is 6.09. The molecule has 8 aromatic rings. The van der Waals surface area contributed by atoms with Crippen LogP contribution in [0.15, 0.2) is 158 Å². The average Bonchev–Trinajstić information content (AvgIpc) is 3.70. The van der Waals surface area contributed by atoms with Crippen molar-refractivity contribution in [3.63, 3.8) is 0 Å². The van der Waals surface area contributed by atoms with Crippen LogP contribution < -0.4 is 9.80 Å². The SMILES string of the molecule is CN1CN(c2cc(C(C)(C)C)cc(C(c3ccccc3)(c3ccccc3)c3ccc4c5ccccc5n(-c5ccccn5)c4c3)c2)c2nccnc21. The maximum absolute atomic E-state index is 4.85. The Hall–Kier alpha value is -6.27. The van der Waals surface area contributed by atoms with E-state index in [1.807, 2.05) is 12.3 Å². The molecule has 1 aliphatic heterocycles. The van der Waals surface area contributed by atoms with Crippen molar-refractivity contribution in [2.45, 2.75) is 31.6 Å². The molecule has 0 amide bonds. The number of anilines is 3. The molecule has 0 aliphatic carbocycles. The number of para-hydroxylation sites is 1. The monoisotopic (exact) mass is 676 g/mol. The van der Waals surface area contributed by atoms with Gasteiger partial charge in [-0.2, -0.15) is 0 Å². The van der Waals surface area contributed by atoms with Gasteiger partial charge in [0.05, 0.1) is 23.1 Å². The predicted molar refractivity (Wildman–Crippen MR) is 213 cm³/mol. The fraction of sp³-hybridized carbons (Fsp3) is 0.152. The summed E-state index contributed by atoms with van der Waals surface area (Å²) in [6.07, 6.45) is 5.43. The minimum Gasteiger partial charge on any atom is -0.338 e. The minimum atomic E-state index is -0.686. The van der Waals surface area contributed by atoms with Crippen LogP contribution in [-0.2, 0) is 10.8 Å². The molecule has 4 heterocycles. The molecule has 0 unspecified atom stereocenters. The lowest BCUT2D eigenvalue weighted by molar-refractivity contribution is 0.587. The number of hydrogen-bond donors (Lipinski definition) is 0. The van der Waals surface area contributed by atoms with E-state index in [0.29, 0.717) is 6.67 Å². The number of aromatic nitrogens is 4. The third-order valence-electron chi connectivity index (χ3n) is 10.6. The Labute approximate surface area is 304 Å². The summed E-state index contributed by atoms with van der Waals surface area (Å²) in [4.78, 5) is 18.8. The summed E-state index contributed by atoms with van der Waals surface area (Å²) in [6.45, 7) is 7.55. The van der Waals surface area contributed by atoms with Crippen molar-refractivity contribution in [3.05, 3.63) is 186 Å². The molecule has 0 saturated heterocycles. The van der Waals surface area contributed by atoms with E-state index in [1.54, 1.807) is 12.4 Å². The van der Waals surface area contributed by atoms with Gasteiger partial charge in [0, 0.05) is 42.1 Å². The highest BCUT2D eigenvalue weighted by atomic mass is 15.4. The van der Waals surface area contributed by atoms with Crippen LogP contribution >= 0.6 is 0 Å². The second kappa shape index (κ2) is 12.2. The molecule has 1 aliphatic rings. The van der Waals surface area contributed by atoms with Crippen LogP contribution in [-0.4, -0.2) is 33.2 Å². The third-order valence-corrected chi connectivity index (χ3v) is 10.6. The molecule has 52 heavy (non-hydrogen) atoms. The first kappa shape index (κ1) is 31.7. The van der Waals surface area contributed by atoms with Gasteiger partial charge < -0.3 is 9.80 Å². The molecule has 3 aromatic heterocycles. The largest absolute Gasteiger partial charge is 0.338 e. The fourth-order valence-corrected chi connectivity index (χ4v) is 8.06. The van der Waals surface area contributed by atoms with E-state index >= 15 is 0 Å². The molecule has 0 N–H and O–H groups in total. The topological polar surface area (TPSA) is 50.1 Å². The zero-order valence-electron chi connectivity index (χ0n) is 29.9. The molecule has 0 spiro atoms. The lowest BCUT2D eigenvalue weighted by atomic mass is 9.64. The number of pyridine rings is 1. The molecule has 254 valence electrons. The standard InChI is InChI=1S/C46H40N6/c1-45(2,3)35-27-36(29-37(28-35)51-31-50(4)43-44(51)49-26-25-48-43)46(32-15-7-5-8-16-32,33-17-9-6-10-18-33)34-22-23-39-38-19-11-12-20-40(38)52(41(39)30-34)42-21-13-14-24-47-42/h5-30H,31H2,1-4H3. The van der Waals surface area contributed by atoms with Crippen LogP contribution in [0.4, 0.5) is 17.3 Å². The van der Waals surface area contributed by atoms with Crippen molar-refractivity contribution in [2.24, 2.45) is 0 Å². The zero-order chi connectivity index (χ0) is 35.5. The highest BCUT2D eigenvalue weighted by Crippen LogP contribution is 2.49. The van der Waals surface area contributed by atoms with Gasteiger partial charge in [-0.05, 0) is 69.6 Å². The van der Waals surface area contributed by atoms with Crippen LogP contribution in [0.2, 0.25) is 0 Å². The Kier molecular flexibility index (Phi) is 7.44. The molecule has 0 radical (unpaired) electrons. The predicted octanol–water partition coefficient (Wildman–Crippen LogP) is 10.2. The van der Waals surface area contributed by atoms with Gasteiger partial charge in [0.15, 0.2) is 11.6 Å². The van der Waals surface area contributed by atoms with Crippen molar-refractivity contribution in [3.8, 4) is 5.82 Å². The number of fused-ring (bicyclic) bond motifs is 4. The van der Waals surface area contributed by atoms with E-state index in [2.05, 4.69) is 176 Å². The first-order valence-electron chi connectivity index (χ1n) is 17.9. The first-order chi connectivity index (χ1) is 25.3. The summed E-state index contributed by atoms with van der Waals surface area (Å²) in [5, 5.41) is 2.40. The Morgan fingerprint density at radius 1 is 0.500 bits per heavy atom. The van der Waals surface area contributed by atoms with Crippen molar-refractivity contribution in [1.82, 2.24) is 19.5 Å². The molecule has 9 rings (SSSR count). The number of hydrogen-bond acceptors (Lipinski definition) is 5. The van der Waals surface area contributed by atoms with E-state index in [4.69, 9.17) is 15.0 Å². The molecule has 0 bridgehead atoms. The van der Waals surface area contributed by atoms with Crippen molar-refractivity contribution in [2.75, 3.05) is 23.5 Å². The van der Waals surface area contributed by atoms with Gasteiger partial charge in [0.2, 0.25) is 0 Å². The minimum absolute atomic E-state index is 0.129. The van der Waals surface area contributed by atoms with Crippen molar-refractivity contribution in [1.29, 1.82) is 0 Å². The smallest absolute Gasteiger partial charge is 0.178 e. The number of benzene rings is 5. The van der Waals surface area contributed by atoms with Gasteiger partial charge in [-0.3, -0.25) is 4.57 Å². The Balaban J connectivity index is 1.40. The molecular formula is C46H40N6. The molecule has 6 heteroatoms. The third kappa shape index (κ3) is 4.97. The van der Waals surface area contributed by atoms with E-state index in [1.165, 1.54) is 38.6 Å². The normalized spacial score (nSPS) is 13.2. The molecule has 0 saturated carbocycles. The summed E-state index contributed by atoms with van der Waals surface area (Å²) >= 11 is 0. The zero-order valence-corrected chi connectivity index (χ0v) is 29.9. The molecule has 0 atom stereocenters. The van der Waals surface area contributed by atoms with Gasteiger partial charge in [-0.1, -0.05) is 124 Å². The maximum atomic E-state index is 4.85. The summed E-state index contributed by atoms with van der Waals surface area (Å²) in [5.74, 6) is 2.65. The van der Waals surface area contributed by atoms with Gasteiger partial charge in [-0.25, -0.2) is 15.0 Å². The van der Waals surface area contributed by atoms with E-state index in [9.17, 15) is 0 Å². The van der Waals surface area contributed by atoms with Crippen LogP contribution in [0.5, 0.6) is 0 Å². The Bertz CT molecular complexity index is 2510. The highest BCUT2D eigenvalue weighted by Gasteiger charge is 2.40. The molecular weight excluding hydrogens is 637 g/mol. The van der Waals surface area contributed by atoms with Gasteiger partial charge >= 0.3 is 0 Å². The number of rotatable bonds is 6. The maximum Gasteiger partial charge on any atom is 0.178 e. The van der Waals surface area contributed by atoms with Gasteiger partial charge in [0.25, 0.3) is 0 Å². The summed E-state index contributed by atoms with van der Waals surface area (Å²) in [6, 6.07) is 50.9. The first-order valence-corrected chi connectivity index (χ1v) is 17.9. The van der Waals surface area contributed by atoms with E-state index in [0.717, 1.165) is 34.2 Å². The number of nitrogens with zero attached hydrogens (tertiary/aromatic N) is 6. The van der Waals surface area contributed by atoms with Crippen LogP contribution in [0.25, 0.3) is 27.6 Å². The summed E-state index contributed by atoms with van der Waals surface area (Å²) in [5.41, 5.74) is 8.52. The summed E-state index contributed by atoms with van der Waals surface area (Å²) in [7, 11) is 2.08.